The van der Waals surface area contributed by atoms with Crippen molar-refractivity contribution in [1.82, 2.24) is 9.71 Å². The van der Waals surface area contributed by atoms with Crippen LogP contribution in [0.25, 0.3) is 10.4 Å². The number of aromatic nitrogens is 1. The highest BCUT2D eigenvalue weighted by Crippen LogP contribution is 2.32. The summed E-state index contributed by atoms with van der Waals surface area (Å²) in [6.45, 7) is 3.47. The van der Waals surface area contributed by atoms with Crippen molar-refractivity contribution in [2.75, 3.05) is 0 Å². The Morgan fingerprint density at radius 1 is 1.10 bits per heavy atom. The number of benzene rings is 1. The van der Waals surface area contributed by atoms with Crippen LogP contribution in [0.4, 0.5) is 13.2 Å². The minimum Gasteiger partial charge on any atom is -0.326 e. The Bertz CT molecular complexity index is 1210. The molecule has 2 aromatic heterocycles. The number of sulfonamides is 1. The van der Waals surface area contributed by atoms with Gasteiger partial charge < -0.3 is 4.98 Å². The first-order valence-electron chi connectivity index (χ1n) is 9.00. The average molecular weight is 457 g/mol. The summed E-state index contributed by atoms with van der Waals surface area (Å²) in [5.74, 6) is 0. The molecule has 2 heterocycles. The first kappa shape index (κ1) is 22.3. The van der Waals surface area contributed by atoms with Crippen LogP contribution in [0.3, 0.4) is 0 Å². The van der Waals surface area contributed by atoms with Crippen molar-refractivity contribution in [2.24, 2.45) is 0 Å². The summed E-state index contributed by atoms with van der Waals surface area (Å²) in [5, 5.41) is 0. The van der Waals surface area contributed by atoms with Crippen molar-refractivity contribution in [3.63, 3.8) is 0 Å². The third-order valence-corrected chi connectivity index (χ3v) is 7.57. The lowest BCUT2D eigenvalue weighted by atomic mass is 10.1. The molecule has 0 radical (unpaired) electrons. The van der Waals surface area contributed by atoms with Gasteiger partial charge in [0, 0.05) is 28.2 Å². The van der Waals surface area contributed by atoms with Crippen molar-refractivity contribution in [2.45, 2.75) is 37.2 Å². The van der Waals surface area contributed by atoms with Gasteiger partial charge in [0.2, 0.25) is 10.0 Å². The first-order valence-corrected chi connectivity index (χ1v) is 11.3. The molecule has 0 fully saturated rings. The largest absolute Gasteiger partial charge is 0.416 e. The smallest absolute Gasteiger partial charge is 0.326 e. The number of aryl methyl sites for hydroxylation is 2. The highest BCUT2D eigenvalue weighted by atomic mass is 32.2. The van der Waals surface area contributed by atoms with E-state index in [0.717, 1.165) is 29.0 Å². The van der Waals surface area contributed by atoms with Gasteiger partial charge in [0.15, 0.2) is 0 Å². The van der Waals surface area contributed by atoms with Gasteiger partial charge in [0.1, 0.15) is 4.21 Å². The number of hydrogen-bond acceptors (Lipinski definition) is 4. The summed E-state index contributed by atoms with van der Waals surface area (Å²) in [5.41, 5.74) is 1.45. The van der Waals surface area contributed by atoms with Crippen LogP contribution in [0, 0.1) is 6.92 Å². The van der Waals surface area contributed by atoms with E-state index in [2.05, 4.69) is 9.71 Å². The molecule has 2 N–H and O–H groups in total. The number of rotatable bonds is 6. The van der Waals surface area contributed by atoms with Gasteiger partial charge >= 0.3 is 6.18 Å². The Labute approximate surface area is 175 Å². The molecule has 160 valence electrons. The maximum absolute atomic E-state index is 12.6. The van der Waals surface area contributed by atoms with Crippen LogP contribution in [0.1, 0.15) is 29.3 Å². The monoisotopic (exact) mass is 456 g/mol. The van der Waals surface area contributed by atoms with E-state index in [4.69, 9.17) is 0 Å². The van der Waals surface area contributed by atoms with E-state index in [1.54, 1.807) is 19.1 Å². The normalized spacial score (nSPS) is 12.3. The average Bonchev–Trinajstić information content (AvgIpc) is 3.17. The highest BCUT2D eigenvalue weighted by molar-refractivity contribution is 7.91. The molecule has 0 spiro atoms. The van der Waals surface area contributed by atoms with Gasteiger partial charge in [-0.05, 0) is 49.2 Å². The molecule has 0 atom stereocenters. The van der Waals surface area contributed by atoms with Gasteiger partial charge in [-0.15, -0.1) is 11.3 Å². The van der Waals surface area contributed by atoms with Crippen LogP contribution in [-0.2, 0) is 29.2 Å². The summed E-state index contributed by atoms with van der Waals surface area (Å²) >= 11 is 1.05. The Morgan fingerprint density at radius 2 is 1.77 bits per heavy atom. The lowest BCUT2D eigenvalue weighted by Crippen LogP contribution is -2.22. The number of aromatic amines is 1. The number of H-pyrrole nitrogens is 1. The van der Waals surface area contributed by atoms with E-state index in [9.17, 15) is 26.4 Å². The van der Waals surface area contributed by atoms with Crippen LogP contribution < -0.4 is 10.3 Å². The van der Waals surface area contributed by atoms with Crippen molar-refractivity contribution in [3.05, 3.63) is 75.2 Å². The first-order chi connectivity index (χ1) is 14.0. The molecule has 0 saturated carbocycles. The zero-order chi connectivity index (χ0) is 22.1. The molecular weight excluding hydrogens is 437 g/mol. The van der Waals surface area contributed by atoms with E-state index in [-0.39, 0.29) is 16.3 Å². The summed E-state index contributed by atoms with van der Waals surface area (Å²) in [6, 6.07) is 9.19. The molecule has 0 unspecified atom stereocenters. The molecular formula is C20H19F3N2O3S2. The lowest BCUT2D eigenvalue weighted by molar-refractivity contribution is -0.137. The molecule has 0 saturated heterocycles. The lowest BCUT2D eigenvalue weighted by Gasteiger charge is -2.08. The van der Waals surface area contributed by atoms with Gasteiger partial charge in [-0.25, -0.2) is 13.1 Å². The molecule has 1 aromatic carbocycles. The fourth-order valence-electron chi connectivity index (χ4n) is 2.85. The zero-order valence-electron chi connectivity index (χ0n) is 16.1. The quantitative estimate of drug-likeness (QED) is 0.574. The SMILES string of the molecule is CCc1cc(-c2ccc(S(=O)(=O)NCc3ccc(C(F)(F)F)cc3)s2)c(C)[nH]c1=O. The second-order valence-corrected chi connectivity index (χ2v) is 9.73. The number of nitrogens with one attached hydrogen (secondary N) is 2. The predicted octanol–water partition coefficient (Wildman–Crippen LogP) is 4.47. The van der Waals surface area contributed by atoms with E-state index < -0.39 is 21.8 Å². The predicted molar refractivity (Wildman–Crippen MR) is 110 cm³/mol. The standard InChI is InChI=1S/C20H19F3N2O3S2/c1-3-14-10-16(12(2)25-19(14)26)17-8-9-18(29-17)30(27,28)24-11-13-4-6-15(7-5-13)20(21,22)23/h4-10,24H,3,11H2,1-2H3,(H,25,26). The van der Waals surface area contributed by atoms with Gasteiger partial charge in [0.05, 0.1) is 5.56 Å². The summed E-state index contributed by atoms with van der Waals surface area (Å²) < 4.78 is 65.6. The minimum atomic E-state index is -4.44. The third-order valence-electron chi connectivity index (χ3n) is 4.56. The Kier molecular flexibility index (Phi) is 6.21. The number of thiophene rings is 1. The fourth-order valence-corrected chi connectivity index (χ4v) is 5.30. The summed E-state index contributed by atoms with van der Waals surface area (Å²) in [4.78, 5) is 15.4. The topological polar surface area (TPSA) is 79.0 Å². The minimum absolute atomic E-state index is 0.0769. The summed E-state index contributed by atoms with van der Waals surface area (Å²) in [6.07, 6.45) is -3.89. The third kappa shape index (κ3) is 4.82. The van der Waals surface area contributed by atoms with E-state index in [1.807, 2.05) is 6.92 Å². The van der Waals surface area contributed by atoms with Gasteiger partial charge in [-0.2, -0.15) is 13.2 Å². The van der Waals surface area contributed by atoms with Gasteiger partial charge in [-0.3, -0.25) is 4.79 Å². The second kappa shape index (κ2) is 8.37. The molecule has 0 aliphatic heterocycles. The molecule has 0 bridgehead atoms. The van der Waals surface area contributed by atoms with Crippen LogP contribution in [0.15, 0.2) is 51.5 Å². The van der Waals surface area contributed by atoms with Crippen molar-refractivity contribution >= 4 is 21.4 Å². The van der Waals surface area contributed by atoms with E-state index >= 15 is 0 Å². The molecule has 0 aliphatic rings. The second-order valence-electron chi connectivity index (χ2n) is 6.65. The van der Waals surface area contributed by atoms with Crippen LogP contribution >= 0.6 is 11.3 Å². The van der Waals surface area contributed by atoms with E-state index in [0.29, 0.717) is 28.1 Å². The molecule has 0 amide bonds. The molecule has 30 heavy (non-hydrogen) atoms. The number of alkyl halides is 3. The van der Waals surface area contributed by atoms with Crippen molar-refractivity contribution < 1.29 is 21.6 Å². The number of pyridine rings is 1. The highest BCUT2D eigenvalue weighted by Gasteiger charge is 2.30. The summed E-state index contributed by atoms with van der Waals surface area (Å²) in [7, 11) is -3.85. The van der Waals surface area contributed by atoms with Crippen LogP contribution in [0.5, 0.6) is 0 Å². The maximum Gasteiger partial charge on any atom is 0.416 e. The Hall–Kier alpha value is -2.43. The van der Waals surface area contributed by atoms with Gasteiger partial charge in [-0.1, -0.05) is 19.1 Å². The van der Waals surface area contributed by atoms with Crippen molar-refractivity contribution in [1.29, 1.82) is 0 Å². The molecule has 10 heteroatoms. The molecule has 5 nitrogen and oxygen atoms in total. The molecule has 0 aliphatic carbocycles. The Balaban J connectivity index is 1.78. The van der Waals surface area contributed by atoms with Crippen LogP contribution in [0.2, 0.25) is 0 Å². The number of halogens is 3. The fraction of sp³-hybridized carbons (Fsp3) is 0.250. The maximum atomic E-state index is 12.6. The number of hydrogen-bond donors (Lipinski definition) is 2. The zero-order valence-corrected chi connectivity index (χ0v) is 17.8. The molecule has 3 rings (SSSR count). The molecule has 3 aromatic rings. The van der Waals surface area contributed by atoms with Crippen LogP contribution in [-0.4, -0.2) is 13.4 Å². The van der Waals surface area contributed by atoms with E-state index in [1.165, 1.54) is 18.2 Å². The van der Waals surface area contributed by atoms with Gasteiger partial charge in [0.25, 0.3) is 5.56 Å². The van der Waals surface area contributed by atoms with Crippen molar-refractivity contribution in [3.8, 4) is 10.4 Å². The Morgan fingerprint density at radius 3 is 2.37 bits per heavy atom.